The van der Waals surface area contributed by atoms with Crippen LogP contribution in [0.1, 0.15) is 22.8 Å². The molecule has 18 heavy (non-hydrogen) atoms. The summed E-state index contributed by atoms with van der Waals surface area (Å²) in [5.74, 6) is 0.292. The molecule has 0 aromatic heterocycles. The first kappa shape index (κ1) is 14.4. The number of rotatable bonds is 5. The van der Waals surface area contributed by atoms with Crippen molar-refractivity contribution in [2.45, 2.75) is 13.8 Å². The minimum atomic E-state index is -0.493. The monoisotopic (exact) mass is 270 g/mol. The second-order valence-electron chi connectivity index (χ2n) is 4.23. The smallest absolute Gasteiger partial charge is 0.273 e. The highest BCUT2D eigenvalue weighted by Gasteiger charge is 2.15. The van der Waals surface area contributed by atoms with Gasteiger partial charge in [-0.2, -0.15) is 0 Å². The fourth-order valence-electron chi connectivity index (χ4n) is 1.37. The molecule has 98 valence electrons. The molecule has 0 aliphatic heterocycles. The fraction of sp³-hybridized carbons (Fsp3) is 0.417. The summed E-state index contributed by atoms with van der Waals surface area (Å²) in [6.45, 7) is 3.99. The van der Waals surface area contributed by atoms with Crippen LogP contribution >= 0.6 is 11.6 Å². The Hall–Kier alpha value is -1.62. The van der Waals surface area contributed by atoms with E-state index < -0.39 is 4.92 Å². The molecule has 0 bridgehead atoms. The van der Waals surface area contributed by atoms with Gasteiger partial charge < -0.3 is 5.32 Å². The van der Waals surface area contributed by atoms with Crippen LogP contribution in [-0.4, -0.2) is 23.3 Å². The van der Waals surface area contributed by atoms with E-state index in [2.05, 4.69) is 5.32 Å². The lowest BCUT2D eigenvalue weighted by Crippen LogP contribution is -2.28. The Labute approximate surface area is 110 Å². The lowest BCUT2D eigenvalue weighted by atomic mass is 10.1. The molecular weight excluding hydrogens is 256 g/mol. The highest BCUT2D eigenvalue weighted by Crippen LogP contribution is 2.19. The van der Waals surface area contributed by atoms with Crippen molar-refractivity contribution in [3.05, 3.63) is 39.4 Å². The third kappa shape index (κ3) is 3.70. The zero-order valence-electron chi connectivity index (χ0n) is 10.3. The number of hydrogen-bond donors (Lipinski definition) is 1. The molecule has 1 unspecified atom stereocenters. The SMILES string of the molecule is Cc1ccc(C(=O)NCC(C)CCl)cc1[N+](=O)[O-]. The lowest BCUT2D eigenvalue weighted by molar-refractivity contribution is -0.385. The highest BCUT2D eigenvalue weighted by atomic mass is 35.5. The maximum atomic E-state index is 11.8. The number of carbonyl (C=O) groups excluding carboxylic acids is 1. The van der Waals surface area contributed by atoms with Crippen molar-refractivity contribution in [1.29, 1.82) is 0 Å². The normalized spacial score (nSPS) is 11.9. The first-order chi connectivity index (χ1) is 8.45. The van der Waals surface area contributed by atoms with Crippen molar-refractivity contribution in [3.63, 3.8) is 0 Å². The zero-order chi connectivity index (χ0) is 13.7. The molecule has 0 aliphatic carbocycles. The highest BCUT2D eigenvalue weighted by molar-refractivity contribution is 6.18. The molecular formula is C12H15ClN2O3. The Bertz CT molecular complexity index is 463. The van der Waals surface area contributed by atoms with Gasteiger partial charge in [-0.05, 0) is 18.9 Å². The van der Waals surface area contributed by atoms with Gasteiger partial charge in [-0.25, -0.2) is 0 Å². The van der Waals surface area contributed by atoms with Crippen molar-refractivity contribution < 1.29 is 9.72 Å². The average Bonchev–Trinajstić information content (AvgIpc) is 2.35. The van der Waals surface area contributed by atoms with Gasteiger partial charge in [-0.3, -0.25) is 14.9 Å². The Morgan fingerprint density at radius 1 is 1.56 bits per heavy atom. The van der Waals surface area contributed by atoms with Crippen LogP contribution in [0.2, 0.25) is 0 Å². The standard InChI is InChI=1S/C12H15ClN2O3/c1-8(6-13)7-14-12(16)10-4-3-9(2)11(5-10)15(17)18/h3-5,8H,6-7H2,1-2H3,(H,14,16). The second-order valence-corrected chi connectivity index (χ2v) is 4.54. The fourth-order valence-corrected chi connectivity index (χ4v) is 1.48. The molecule has 1 aromatic rings. The number of nitro groups is 1. The molecule has 5 nitrogen and oxygen atoms in total. The van der Waals surface area contributed by atoms with Crippen LogP contribution in [0, 0.1) is 23.0 Å². The molecule has 6 heteroatoms. The van der Waals surface area contributed by atoms with E-state index in [-0.39, 0.29) is 23.1 Å². The van der Waals surface area contributed by atoms with Crippen LogP contribution < -0.4 is 5.32 Å². The molecule has 0 radical (unpaired) electrons. The first-order valence-corrected chi connectivity index (χ1v) is 6.08. The predicted molar refractivity (Wildman–Crippen MR) is 70.1 cm³/mol. The van der Waals surface area contributed by atoms with Crippen molar-refractivity contribution in [2.24, 2.45) is 5.92 Å². The van der Waals surface area contributed by atoms with Crippen LogP contribution in [0.15, 0.2) is 18.2 Å². The topological polar surface area (TPSA) is 72.2 Å². The molecule has 0 saturated heterocycles. The summed E-state index contributed by atoms with van der Waals surface area (Å²) >= 11 is 5.63. The minimum absolute atomic E-state index is 0.0481. The summed E-state index contributed by atoms with van der Waals surface area (Å²) in [5.41, 5.74) is 0.771. The lowest BCUT2D eigenvalue weighted by Gasteiger charge is -2.09. The average molecular weight is 271 g/mol. The van der Waals surface area contributed by atoms with E-state index in [0.717, 1.165) is 0 Å². The summed E-state index contributed by atoms with van der Waals surface area (Å²) in [5, 5.41) is 13.5. The van der Waals surface area contributed by atoms with Crippen LogP contribution in [0.5, 0.6) is 0 Å². The van der Waals surface area contributed by atoms with E-state index in [4.69, 9.17) is 11.6 Å². The van der Waals surface area contributed by atoms with E-state index in [0.29, 0.717) is 18.0 Å². The molecule has 0 heterocycles. The number of amides is 1. The van der Waals surface area contributed by atoms with Gasteiger partial charge in [0.1, 0.15) is 0 Å². The van der Waals surface area contributed by atoms with Gasteiger partial charge in [0.2, 0.25) is 0 Å². The Balaban J connectivity index is 2.80. The second kappa shape index (κ2) is 6.35. The van der Waals surface area contributed by atoms with Crippen molar-refractivity contribution in [2.75, 3.05) is 12.4 Å². The van der Waals surface area contributed by atoms with Gasteiger partial charge in [0, 0.05) is 29.6 Å². The third-order valence-electron chi connectivity index (χ3n) is 2.54. The number of benzene rings is 1. The number of hydrogen-bond acceptors (Lipinski definition) is 3. The van der Waals surface area contributed by atoms with Gasteiger partial charge in [0.25, 0.3) is 11.6 Å². The molecule has 0 aliphatic rings. The summed E-state index contributed by atoms with van der Waals surface area (Å²) < 4.78 is 0. The van der Waals surface area contributed by atoms with Crippen LogP contribution in [-0.2, 0) is 0 Å². The largest absolute Gasteiger partial charge is 0.352 e. The van der Waals surface area contributed by atoms with E-state index in [9.17, 15) is 14.9 Å². The molecule has 1 atom stereocenters. The van der Waals surface area contributed by atoms with Crippen LogP contribution in [0.4, 0.5) is 5.69 Å². The third-order valence-corrected chi connectivity index (χ3v) is 3.07. The number of halogens is 1. The van der Waals surface area contributed by atoms with E-state index >= 15 is 0 Å². The number of aryl methyl sites for hydroxylation is 1. The number of alkyl halides is 1. The number of nitro benzene ring substituents is 1. The maximum Gasteiger partial charge on any atom is 0.273 e. The maximum absolute atomic E-state index is 11.8. The molecule has 1 N–H and O–H groups in total. The van der Waals surface area contributed by atoms with E-state index in [1.807, 2.05) is 6.92 Å². The Kier molecular flexibility index (Phi) is 5.09. The molecule has 1 rings (SSSR count). The number of carbonyl (C=O) groups is 1. The Morgan fingerprint density at radius 3 is 2.78 bits per heavy atom. The quantitative estimate of drug-likeness (QED) is 0.508. The van der Waals surface area contributed by atoms with Crippen LogP contribution in [0.25, 0.3) is 0 Å². The summed E-state index contributed by atoms with van der Waals surface area (Å²) in [4.78, 5) is 22.0. The molecule has 0 fully saturated rings. The number of nitrogens with zero attached hydrogens (tertiary/aromatic N) is 1. The van der Waals surface area contributed by atoms with E-state index in [1.54, 1.807) is 19.1 Å². The van der Waals surface area contributed by atoms with Gasteiger partial charge in [0.15, 0.2) is 0 Å². The van der Waals surface area contributed by atoms with Crippen molar-refractivity contribution in [1.82, 2.24) is 5.32 Å². The van der Waals surface area contributed by atoms with Gasteiger partial charge in [0.05, 0.1) is 4.92 Å². The molecule has 1 aromatic carbocycles. The minimum Gasteiger partial charge on any atom is -0.352 e. The first-order valence-electron chi connectivity index (χ1n) is 5.55. The molecule has 0 spiro atoms. The summed E-state index contributed by atoms with van der Waals surface area (Å²) in [6.07, 6.45) is 0. The zero-order valence-corrected chi connectivity index (χ0v) is 11.0. The summed E-state index contributed by atoms with van der Waals surface area (Å²) in [6, 6.07) is 4.43. The van der Waals surface area contributed by atoms with Crippen molar-refractivity contribution in [3.8, 4) is 0 Å². The Morgan fingerprint density at radius 2 is 2.22 bits per heavy atom. The van der Waals surface area contributed by atoms with Gasteiger partial charge in [-0.15, -0.1) is 11.6 Å². The number of nitrogens with one attached hydrogen (secondary N) is 1. The molecule has 0 saturated carbocycles. The van der Waals surface area contributed by atoms with Crippen molar-refractivity contribution >= 4 is 23.2 Å². The van der Waals surface area contributed by atoms with Crippen LogP contribution in [0.3, 0.4) is 0 Å². The van der Waals surface area contributed by atoms with E-state index in [1.165, 1.54) is 6.07 Å². The van der Waals surface area contributed by atoms with Gasteiger partial charge >= 0.3 is 0 Å². The predicted octanol–water partition coefficient (Wildman–Crippen LogP) is 2.51. The summed E-state index contributed by atoms with van der Waals surface area (Å²) in [7, 11) is 0. The van der Waals surface area contributed by atoms with Gasteiger partial charge in [-0.1, -0.05) is 13.0 Å². The molecule has 1 amide bonds.